The maximum atomic E-state index is 7.58. The first-order valence-corrected chi connectivity index (χ1v) is 32.9. The van der Waals surface area contributed by atoms with Gasteiger partial charge in [-0.05, 0) is 116 Å². The summed E-state index contributed by atoms with van der Waals surface area (Å²) in [6.45, 7) is 35.4. The third-order valence-electron chi connectivity index (χ3n) is 18.0. The maximum absolute atomic E-state index is 7.58. The van der Waals surface area contributed by atoms with Gasteiger partial charge in [0.05, 0.1) is 21.5 Å². The summed E-state index contributed by atoms with van der Waals surface area (Å²) in [5, 5.41) is 6.19. The monoisotopic (exact) mass is 1220 g/mol. The van der Waals surface area contributed by atoms with Gasteiger partial charge in [0.2, 0.25) is 0 Å². The quantitative estimate of drug-likeness (QED) is 0.0762. The standard InChI is InChI=1S/C80H84N8O4/c1-41(2)49-29-21-30-50(42(3)4)69(49)89-61-37-39-63(91-71-53(45(9)10)33-23-34-54(71)46(11)12)67-65(61)77-84-75-59-27-19-17-25-57(59)73(82-75)81-74-58-26-18-20-28-60(58)76(83-74)85-78-66-62(90-70-51(43(5)6)31-22-32-52(70)44(7)8)38-40-64(68(66)80(87-78)88-79(67)86-77)92-72-55(47(13)14)35-24-36-56(72)48(15)16/h17-48H,1-16H3,(H4,81,82,83,84,85,86,87,88). The number of ether oxygens (including phenoxy) is 4. The molecule has 8 bridgehead atoms. The number of rotatable bonds is 16. The largest absolute Gasteiger partial charge is 0.456 e. The molecule has 0 aliphatic carbocycles. The van der Waals surface area contributed by atoms with E-state index in [0.717, 1.165) is 89.1 Å². The molecule has 1 aliphatic rings. The van der Waals surface area contributed by atoms with Gasteiger partial charge in [0.25, 0.3) is 0 Å². The fourth-order valence-corrected chi connectivity index (χ4v) is 13.1. The van der Waals surface area contributed by atoms with Crippen LogP contribution in [-0.4, -0.2) is 19.9 Å². The molecule has 12 aromatic rings. The lowest BCUT2D eigenvalue weighted by Gasteiger charge is -2.22. The zero-order valence-electron chi connectivity index (χ0n) is 55.9. The van der Waals surface area contributed by atoms with E-state index in [9.17, 15) is 0 Å². The van der Waals surface area contributed by atoms with Crippen molar-refractivity contribution in [2.75, 3.05) is 0 Å². The van der Waals surface area contributed by atoms with Gasteiger partial charge >= 0.3 is 0 Å². The lowest BCUT2D eigenvalue weighted by atomic mass is 9.94. The summed E-state index contributed by atoms with van der Waals surface area (Å²) < 4.78 is 30.2. The summed E-state index contributed by atoms with van der Waals surface area (Å²) in [5.74, 6) is 8.86. The van der Waals surface area contributed by atoms with Crippen LogP contribution < -0.4 is 40.9 Å². The molecule has 12 heteroatoms. The number of benzene rings is 8. The molecule has 1 aliphatic heterocycles. The van der Waals surface area contributed by atoms with Crippen molar-refractivity contribution in [3.05, 3.63) is 212 Å². The molecule has 12 nitrogen and oxygen atoms in total. The van der Waals surface area contributed by atoms with Gasteiger partial charge in [-0.15, -0.1) is 0 Å². The molecule has 92 heavy (non-hydrogen) atoms. The highest BCUT2D eigenvalue weighted by Crippen LogP contribution is 2.51. The molecule has 5 heterocycles. The van der Waals surface area contributed by atoms with Gasteiger partial charge in [0.15, 0.2) is 0 Å². The Morgan fingerprint density at radius 3 is 0.750 bits per heavy atom. The number of nitrogens with one attached hydrogen (secondary N) is 4. The number of hydrogen-bond acceptors (Lipinski definition) is 8. The van der Waals surface area contributed by atoms with Crippen LogP contribution in [0.15, 0.2) is 166 Å². The van der Waals surface area contributed by atoms with Gasteiger partial charge in [-0.3, -0.25) is 0 Å². The minimum absolute atomic E-state index is 0.143. The summed E-state index contributed by atoms with van der Waals surface area (Å²) >= 11 is 0. The Balaban J connectivity index is 1.24. The molecule has 0 fully saturated rings. The van der Waals surface area contributed by atoms with E-state index in [4.69, 9.17) is 38.9 Å². The van der Waals surface area contributed by atoms with Crippen molar-refractivity contribution in [1.82, 2.24) is 19.9 Å². The number of para-hydroxylation sites is 4. The number of H-pyrrole nitrogens is 4. The average Bonchev–Trinajstić information content (AvgIpc) is 1.56. The summed E-state index contributed by atoms with van der Waals surface area (Å²) in [7, 11) is 0. The van der Waals surface area contributed by atoms with Crippen LogP contribution in [0, 0.1) is 0 Å². The zero-order chi connectivity index (χ0) is 64.5. The highest BCUT2D eigenvalue weighted by Gasteiger charge is 2.29. The molecule has 0 amide bonds. The zero-order valence-corrected chi connectivity index (χ0v) is 55.9. The van der Waals surface area contributed by atoms with Crippen LogP contribution in [0.4, 0.5) is 23.3 Å². The molecular weight excluding hydrogens is 1140 g/mol. The van der Waals surface area contributed by atoms with Gasteiger partial charge in [-0.25, -0.2) is 20.0 Å². The van der Waals surface area contributed by atoms with Crippen LogP contribution in [0.3, 0.4) is 0 Å². The molecule has 0 atom stereocenters. The van der Waals surface area contributed by atoms with Crippen LogP contribution in [0.25, 0.3) is 43.1 Å². The predicted octanol–water partition coefficient (Wildman–Crippen LogP) is 21.9. The van der Waals surface area contributed by atoms with E-state index in [0.29, 0.717) is 89.8 Å². The molecule has 0 saturated heterocycles. The van der Waals surface area contributed by atoms with Gasteiger partial charge in [0, 0.05) is 21.5 Å². The highest BCUT2D eigenvalue weighted by molar-refractivity contribution is 6.08. The van der Waals surface area contributed by atoms with E-state index in [-0.39, 0.29) is 47.3 Å². The van der Waals surface area contributed by atoms with Crippen LogP contribution in [-0.2, 0) is 0 Å². The summed E-state index contributed by atoms with van der Waals surface area (Å²) in [6.07, 6.45) is 0. The Morgan fingerprint density at radius 2 is 0.457 bits per heavy atom. The molecule has 0 unspecified atom stereocenters. The Kier molecular flexibility index (Phi) is 16.3. The molecular formula is C80H84N8O4. The lowest BCUT2D eigenvalue weighted by Crippen LogP contribution is -2.11. The number of hydrogen-bond donors (Lipinski definition) is 4. The predicted molar refractivity (Wildman–Crippen MR) is 375 cm³/mol. The van der Waals surface area contributed by atoms with E-state index in [1.165, 1.54) is 0 Å². The lowest BCUT2D eigenvalue weighted by molar-refractivity contribution is 0.459. The first-order valence-electron chi connectivity index (χ1n) is 32.9. The Hall–Kier alpha value is -9.68. The minimum atomic E-state index is 0.143. The van der Waals surface area contributed by atoms with Crippen LogP contribution in [0.5, 0.6) is 46.0 Å². The van der Waals surface area contributed by atoms with Crippen molar-refractivity contribution in [2.24, 2.45) is 20.0 Å². The van der Waals surface area contributed by atoms with Gasteiger partial charge in [0.1, 0.15) is 91.2 Å². The van der Waals surface area contributed by atoms with Crippen molar-refractivity contribution < 1.29 is 18.9 Å². The average molecular weight is 1220 g/mol. The third-order valence-corrected chi connectivity index (χ3v) is 18.0. The Bertz CT molecular complexity index is 5000. The summed E-state index contributed by atoms with van der Waals surface area (Å²) in [6, 6.07) is 50.5. The molecule has 0 spiro atoms. The smallest absolute Gasteiger partial charge is 0.145 e. The second-order valence-electron chi connectivity index (χ2n) is 27.2. The third kappa shape index (κ3) is 11.0. The van der Waals surface area contributed by atoms with E-state index in [1.807, 2.05) is 48.5 Å². The van der Waals surface area contributed by atoms with Crippen molar-refractivity contribution in [3.63, 3.8) is 0 Å². The molecule has 0 radical (unpaired) electrons. The van der Waals surface area contributed by atoms with Crippen molar-refractivity contribution in [1.29, 1.82) is 0 Å². The molecule has 4 aromatic heterocycles. The number of aromatic amines is 4. The van der Waals surface area contributed by atoms with Gasteiger partial charge < -0.3 is 38.9 Å². The highest BCUT2D eigenvalue weighted by atomic mass is 16.5. The fourth-order valence-electron chi connectivity index (χ4n) is 13.1. The normalized spacial score (nSPS) is 12.6. The summed E-state index contributed by atoms with van der Waals surface area (Å²) in [5.41, 5.74) is 10.9. The van der Waals surface area contributed by atoms with Gasteiger partial charge in [-0.2, -0.15) is 0 Å². The summed E-state index contributed by atoms with van der Waals surface area (Å²) in [4.78, 5) is 37.9. The molecule has 4 N–H and O–H groups in total. The Labute approximate surface area is 538 Å². The first kappa shape index (κ1) is 61.2. The van der Waals surface area contributed by atoms with Crippen LogP contribution >= 0.6 is 0 Å². The molecule has 13 rings (SSSR count). The van der Waals surface area contributed by atoms with Crippen molar-refractivity contribution in [3.8, 4) is 46.0 Å². The number of nitrogens with zero attached hydrogens (tertiary/aromatic N) is 4. The van der Waals surface area contributed by atoms with Crippen molar-refractivity contribution in [2.45, 2.75) is 158 Å². The van der Waals surface area contributed by atoms with Crippen LogP contribution in [0.1, 0.15) is 203 Å². The second kappa shape index (κ2) is 24.5. The minimum Gasteiger partial charge on any atom is -0.456 e. The van der Waals surface area contributed by atoms with Crippen LogP contribution in [0.2, 0.25) is 0 Å². The second-order valence-corrected chi connectivity index (χ2v) is 27.2. The van der Waals surface area contributed by atoms with E-state index >= 15 is 0 Å². The van der Waals surface area contributed by atoms with E-state index < -0.39 is 0 Å². The number of fused-ring (bicyclic) bond motifs is 20. The molecule has 468 valence electrons. The SMILES string of the molecule is CC(C)c1cccc(C(C)C)c1Oc1ccc(Oc2c(C(C)C)cccc2C(C)C)c2c3[nH]c(c12)N=c1[nH]c(c2ccccc12)=Nc1[nH]c(c2ccccc12)N=c1[nH]c(c2c(Oc4c(C(C)C)cccc4C(C)C)ccc(Oc4c(C(C)C)cccc4C(C)C)c12)=N3. The van der Waals surface area contributed by atoms with E-state index in [2.05, 4.69) is 228 Å². The van der Waals surface area contributed by atoms with Crippen molar-refractivity contribution >= 4 is 66.4 Å². The Morgan fingerprint density at radius 1 is 0.228 bits per heavy atom. The van der Waals surface area contributed by atoms with Gasteiger partial charge in [-0.1, -0.05) is 232 Å². The number of aromatic nitrogens is 4. The van der Waals surface area contributed by atoms with E-state index in [1.54, 1.807) is 0 Å². The molecule has 0 saturated carbocycles. The maximum Gasteiger partial charge on any atom is 0.145 e. The molecule has 8 aromatic carbocycles. The fraction of sp³-hybridized carbons (Fsp3) is 0.300. The first-order chi connectivity index (χ1) is 44.2. The topological polar surface area (TPSA) is 150 Å².